The number of nitrogens with one attached hydrogen (secondary N) is 1. The zero-order chi connectivity index (χ0) is 13.0. The largest absolute Gasteiger partial charge is 0.393 e. The van der Waals surface area contributed by atoms with E-state index in [1.807, 2.05) is 6.92 Å². The van der Waals surface area contributed by atoms with Gasteiger partial charge in [0, 0.05) is 6.04 Å². The second kappa shape index (κ2) is 6.35. The van der Waals surface area contributed by atoms with Crippen molar-refractivity contribution in [2.75, 3.05) is 6.54 Å². The van der Waals surface area contributed by atoms with Crippen LogP contribution in [-0.2, 0) is 12.8 Å². The van der Waals surface area contributed by atoms with Crippen molar-refractivity contribution in [3.05, 3.63) is 34.9 Å². The zero-order valence-electron chi connectivity index (χ0n) is 11.6. The molecule has 0 aliphatic heterocycles. The first-order valence-electron chi connectivity index (χ1n) is 7.20. The molecule has 1 aliphatic rings. The molecule has 100 valence electrons. The molecule has 2 heteroatoms. The van der Waals surface area contributed by atoms with Gasteiger partial charge in [-0.05, 0) is 69.2 Å². The summed E-state index contributed by atoms with van der Waals surface area (Å²) in [5, 5.41) is 12.7. The molecule has 0 saturated carbocycles. The smallest absolute Gasteiger partial charge is 0.0512 e. The Labute approximate surface area is 110 Å². The lowest BCUT2D eigenvalue weighted by Gasteiger charge is -2.16. The number of aryl methyl sites for hydroxylation is 2. The van der Waals surface area contributed by atoms with Gasteiger partial charge in [-0.2, -0.15) is 0 Å². The Morgan fingerprint density at radius 3 is 2.78 bits per heavy atom. The van der Waals surface area contributed by atoms with Crippen LogP contribution >= 0.6 is 0 Å². The number of hydrogen-bond acceptors (Lipinski definition) is 2. The Hall–Kier alpha value is -0.860. The van der Waals surface area contributed by atoms with Crippen molar-refractivity contribution in [3.8, 4) is 0 Å². The number of fused-ring (bicyclic) bond motifs is 1. The van der Waals surface area contributed by atoms with Crippen molar-refractivity contribution in [1.29, 1.82) is 0 Å². The molecular formula is C16H25NO. The summed E-state index contributed by atoms with van der Waals surface area (Å²) in [5.74, 6) is 0. The van der Waals surface area contributed by atoms with Crippen LogP contribution in [0.25, 0.3) is 0 Å². The molecule has 0 aromatic heterocycles. The van der Waals surface area contributed by atoms with Crippen molar-refractivity contribution < 1.29 is 5.11 Å². The maximum absolute atomic E-state index is 9.21. The summed E-state index contributed by atoms with van der Waals surface area (Å²) in [6.07, 6.45) is 5.55. The van der Waals surface area contributed by atoms with Gasteiger partial charge in [0.05, 0.1) is 6.10 Å². The van der Waals surface area contributed by atoms with Crippen molar-refractivity contribution in [2.24, 2.45) is 0 Å². The maximum Gasteiger partial charge on any atom is 0.0512 e. The van der Waals surface area contributed by atoms with Gasteiger partial charge < -0.3 is 10.4 Å². The summed E-state index contributed by atoms with van der Waals surface area (Å²) in [4.78, 5) is 0. The van der Waals surface area contributed by atoms with Gasteiger partial charge in [0.1, 0.15) is 0 Å². The summed E-state index contributed by atoms with van der Waals surface area (Å²) in [6, 6.07) is 7.33. The molecule has 1 aliphatic carbocycles. The highest BCUT2D eigenvalue weighted by atomic mass is 16.3. The molecule has 0 saturated heterocycles. The van der Waals surface area contributed by atoms with Crippen LogP contribution in [-0.4, -0.2) is 17.8 Å². The standard InChI is InChI=1S/C16H25NO/c1-12(18)5-4-10-17-13(2)15-9-8-14-6-3-7-16(14)11-15/h8-9,11-13,17-18H,3-7,10H2,1-2H3. The first-order chi connectivity index (χ1) is 8.66. The maximum atomic E-state index is 9.21. The van der Waals surface area contributed by atoms with Gasteiger partial charge in [-0.1, -0.05) is 18.2 Å². The fourth-order valence-corrected chi connectivity index (χ4v) is 2.69. The minimum Gasteiger partial charge on any atom is -0.393 e. The van der Waals surface area contributed by atoms with Crippen LogP contribution < -0.4 is 5.32 Å². The van der Waals surface area contributed by atoms with Gasteiger partial charge in [0.2, 0.25) is 0 Å². The molecule has 2 rings (SSSR count). The quantitative estimate of drug-likeness (QED) is 0.757. The average Bonchev–Trinajstić information content (AvgIpc) is 2.81. The molecule has 1 aromatic carbocycles. The van der Waals surface area contributed by atoms with Crippen molar-refractivity contribution in [3.63, 3.8) is 0 Å². The van der Waals surface area contributed by atoms with Crippen molar-refractivity contribution in [1.82, 2.24) is 5.32 Å². The van der Waals surface area contributed by atoms with E-state index in [2.05, 4.69) is 30.4 Å². The summed E-state index contributed by atoms with van der Waals surface area (Å²) < 4.78 is 0. The van der Waals surface area contributed by atoms with Crippen LogP contribution in [0.2, 0.25) is 0 Å². The highest BCUT2D eigenvalue weighted by molar-refractivity contribution is 5.36. The van der Waals surface area contributed by atoms with Gasteiger partial charge in [-0.25, -0.2) is 0 Å². The van der Waals surface area contributed by atoms with E-state index in [1.54, 1.807) is 11.1 Å². The Balaban J connectivity index is 1.83. The van der Waals surface area contributed by atoms with E-state index in [0.29, 0.717) is 6.04 Å². The fourth-order valence-electron chi connectivity index (χ4n) is 2.69. The molecule has 0 spiro atoms. The molecule has 2 unspecified atom stereocenters. The molecule has 0 fully saturated rings. The number of aliphatic hydroxyl groups excluding tert-OH is 1. The van der Waals surface area contributed by atoms with E-state index < -0.39 is 0 Å². The van der Waals surface area contributed by atoms with Crippen LogP contribution in [0.15, 0.2) is 18.2 Å². The molecule has 18 heavy (non-hydrogen) atoms. The number of rotatable bonds is 6. The summed E-state index contributed by atoms with van der Waals surface area (Å²) in [7, 11) is 0. The lowest BCUT2D eigenvalue weighted by molar-refractivity contribution is 0.181. The Bertz CT molecular complexity index is 387. The first kappa shape index (κ1) is 13.6. The highest BCUT2D eigenvalue weighted by Gasteiger charge is 2.13. The topological polar surface area (TPSA) is 32.3 Å². The lowest BCUT2D eigenvalue weighted by Crippen LogP contribution is -2.20. The minimum atomic E-state index is -0.179. The summed E-state index contributed by atoms with van der Waals surface area (Å²) >= 11 is 0. The Morgan fingerprint density at radius 2 is 2.00 bits per heavy atom. The van der Waals surface area contributed by atoms with Gasteiger partial charge in [-0.15, -0.1) is 0 Å². The third-order valence-electron chi connectivity index (χ3n) is 3.87. The number of hydrogen-bond donors (Lipinski definition) is 2. The van der Waals surface area contributed by atoms with E-state index in [1.165, 1.54) is 24.8 Å². The Kier molecular flexibility index (Phi) is 4.79. The second-order valence-electron chi connectivity index (χ2n) is 5.55. The first-order valence-corrected chi connectivity index (χ1v) is 7.20. The minimum absolute atomic E-state index is 0.179. The molecular weight excluding hydrogens is 222 g/mol. The predicted molar refractivity (Wildman–Crippen MR) is 75.8 cm³/mol. The Morgan fingerprint density at radius 1 is 1.22 bits per heavy atom. The van der Waals surface area contributed by atoms with Crippen LogP contribution in [0.4, 0.5) is 0 Å². The third kappa shape index (κ3) is 3.56. The summed E-state index contributed by atoms with van der Waals surface area (Å²) in [6.45, 7) is 5.05. The van der Waals surface area contributed by atoms with Crippen LogP contribution in [0.1, 0.15) is 55.8 Å². The monoisotopic (exact) mass is 247 g/mol. The molecule has 2 atom stereocenters. The zero-order valence-corrected chi connectivity index (χ0v) is 11.6. The van der Waals surface area contributed by atoms with E-state index in [0.717, 1.165) is 19.4 Å². The molecule has 0 bridgehead atoms. The van der Waals surface area contributed by atoms with E-state index in [9.17, 15) is 5.11 Å². The molecule has 2 nitrogen and oxygen atoms in total. The average molecular weight is 247 g/mol. The van der Waals surface area contributed by atoms with Crippen LogP contribution in [0, 0.1) is 0 Å². The summed E-state index contributed by atoms with van der Waals surface area (Å²) in [5.41, 5.74) is 4.48. The second-order valence-corrected chi connectivity index (χ2v) is 5.55. The van der Waals surface area contributed by atoms with E-state index >= 15 is 0 Å². The predicted octanol–water partition coefficient (Wildman–Crippen LogP) is 2.99. The number of benzene rings is 1. The van der Waals surface area contributed by atoms with Crippen molar-refractivity contribution >= 4 is 0 Å². The van der Waals surface area contributed by atoms with Gasteiger partial charge in [0.15, 0.2) is 0 Å². The molecule has 2 N–H and O–H groups in total. The third-order valence-corrected chi connectivity index (χ3v) is 3.87. The SMILES string of the molecule is CC(O)CCCNC(C)c1ccc2c(c1)CCC2. The molecule has 0 radical (unpaired) electrons. The molecule has 0 heterocycles. The van der Waals surface area contributed by atoms with E-state index in [-0.39, 0.29) is 6.10 Å². The van der Waals surface area contributed by atoms with Gasteiger partial charge in [-0.3, -0.25) is 0 Å². The molecule has 1 aromatic rings. The van der Waals surface area contributed by atoms with E-state index in [4.69, 9.17) is 0 Å². The molecule has 0 amide bonds. The fraction of sp³-hybridized carbons (Fsp3) is 0.625. The van der Waals surface area contributed by atoms with Crippen LogP contribution in [0.3, 0.4) is 0 Å². The normalized spacial score (nSPS) is 17.5. The lowest BCUT2D eigenvalue weighted by atomic mass is 10.0. The highest BCUT2D eigenvalue weighted by Crippen LogP contribution is 2.25. The van der Waals surface area contributed by atoms with Crippen molar-refractivity contribution in [2.45, 2.75) is 58.1 Å². The van der Waals surface area contributed by atoms with Gasteiger partial charge in [0.25, 0.3) is 0 Å². The van der Waals surface area contributed by atoms with Gasteiger partial charge >= 0.3 is 0 Å². The number of aliphatic hydroxyl groups is 1. The van der Waals surface area contributed by atoms with Crippen LogP contribution in [0.5, 0.6) is 0 Å².